The van der Waals surface area contributed by atoms with Crippen LogP contribution in [-0.4, -0.2) is 27.2 Å². The molecule has 8 heteroatoms. The van der Waals surface area contributed by atoms with Crippen molar-refractivity contribution in [3.63, 3.8) is 0 Å². The van der Waals surface area contributed by atoms with Crippen LogP contribution in [0, 0.1) is 6.92 Å². The second-order valence-electron chi connectivity index (χ2n) is 6.26. The lowest BCUT2D eigenvalue weighted by Crippen LogP contribution is -2.12. The lowest BCUT2D eigenvalue weighted by atomic mass is 10.1. The van der Waals surface area contributed by atoms with Crippen molar-refractivity contribution in [2.75, 3.05) is 0 Å². The molecule has 0 spiro atoms. The molecule has 0 unspecified atom stereocenters. The van der Waals surface area contributed by atoms with Crippen LogP contribution < -0.4 is 0 Å². The van der Waals surface area contributed by atoms with Gasteiger partial charge in [0.1, 0.15) is 4.60 Å². The minimum atomic E-state index is -3.73. The molecule has 0 bridgehead atoms. The second kappa shape index (κ2) is 5.92. The lowest BCUT2D eigenvalue weighted by Gasteiger charge is -2.07. The van der Waals surface area contributed by atoms with Crippen LogP contribution >= 0.6 is 15.9 Å². The molecule has 134 valence electrons. The molecule has 0 amide bonds. The summed E-state index contributed by atoms with van der Waals surface area (Å²) >= 11 is 3.44. The first-order valence-corrected chi connectivity index (χ1v) is 10.4. The molecule has 0 atom stereocenters. The molecule has 3 aromatic heterocycles. The minimum Gasteiger partial charge on any atom is -0.266 e. The van der Waals surface area contributed by atoms with Crippen molar-refractivity contribution >= 4 is 47.9 Å². The van der Waals surface area contributed by atoms with Gasteiger partial charge in [0, 0.05) is 24.8 Å². The predicted molar refractivity (Wildman–Crippen MR) is 105 cm³/mol. The van der Waals surface area contributed by atoms with E-state index in [-0.39, 0.29) is 4.90 Å². The van der Waals surface area contributed by atoms with Gasteiger partial charge in [-0.2, -0.15) is 5.10 Å². The van der Waals surface area contributed by atoms with Crippen molar-refractivity contribution < 1.29 is 8.42 Å². The Morgan fingerprint density at radius 1 is 1.19 bits per heavy atom. The van der Waals surface area contributed by atoms with E-state index in [1.165, 1.54) is 3.97 Å². The van der Waals surface area contributed by atoms with E-state index in [4.69, 9.17) is 0 Å². The van der Waals surface area contributed by atoms with Crippen molar-refractivity contribution in [3.05, 3.63) is 52.4 Å². The second-order valence-corrected chi connectivity index (χ2v) is 8.82. The average Bonchev–Trinajstić information content (AvgIpc) is 3.13. The van der Waals surface area contributed by atoms with Crippen molar-refractivity contribution in [3.8, 4) is 0 Å². The maximum Gasteiger partial charge on any atom is 0.269 e. The van der Waals surface area contributed by atoms with E-state index < -0.39 is 10.0 Å². The first-order valence-electron chi connectivity index (χ1n) is 8.18. The molecule has 6 nitrogen and oxygen atoms in total. The van der Waals surface area contributed by atoms with Crippen LogP contribution in [0.2, 0.25) is 0 Å². The van der Waals surface area contributed by atoms with Gasteiger partial charge in [-0.3, -0.25) is 4.68 Å². The summed E-state index contributed by atoms with van der Waals surface area (Å²) in [5, 5.41) is 6.07. The summed E-state index contributed by atoms with van der Waals surface area (Å²) in [6.07, 6.45) is 4.03. The number of benzene rings is 1. The number of fused-ring (bicyclic) bond motifs is 3. The summed E-state index contributed by atoms with van der Waals surface area (Å²) in [5.41, 5.74) is 3.22. The number of hydrogen-bond acceptors (Lipinski definition) is 4. The molecule has 1 aromatic carbocycles. The molecule has 3 heterocycles. The number of hydrogen-bond donors (Lipinski definition) is 0. The molecule has 26 heavy (non-hydrogen) atoms. The number of rotatable bonds is 3. The summed E-state index contributed by atoms with van der Waals surface area (Å²) < 4.78 is 30.1. The Morgan fingerprint density at radius 3 is 2.54 bits per heavy atom. The Hall–Kier alpha value is -2.19. The standard InChI is InChI=1S/C18H17BrN4O2S/c1-4-12-10-23(26(24,25)13-7-5-11(2)6-8-13)18-15(12)16-14(9-20-18)17(19)21-22(16)3/h5-10H,4H2,1-3H3. The quantitative estimate of drug-likeness (QED) is 0.493. The third-order valence-electron chi connectivity index (χ3n) is 4.58. The van der Waals surface area contributed by atoms with Crippen LogP contribution in [0.5, 0.6) is 0 Å². The van der Waals surface area contributed by atoms with E-state index in [1.807, 2.05) is 20.9 Å². The first-order chi connectivity index (χ1) is 12.3. The van der Waals surface area contributed by atoms with Gasteiger partial charge in [-0.15, -0.1) is 0 Å². The van der Waals surface area contributed by atoms with Gasteiger partial charge in [0.05, 0.1) is 15.8 Å². The van der Waals surface area contributed by atoms with Crippen LogP contribution in [0.4, 0.5) is 0 Å². The Bertz CT molecular complexity index is 1250. The van der Waals surface area contributed by atoms with E-state index in [0.29, 0.717) is 16.7 Å². The summed E-state index contributed by atoms with van der Waals surface area (Å²) in [7, 11) is -1.89. The van der Waals surface area contributed by atoms with Gasteiger partial charge in [-0.25, -0.2) is 17.4 Å². The van der Waals surface area contributed by atoms with Gasteiger partial charge in [-0.1, -0.05) is 24.6 Å². The molecule has 0 fully saturated rings. The number of nitrogens with zero attached hydrogens (tertiary/aromatic N) is 4. The van der Waals surface area contributed by atoms with Gasteiger partial charge in [0.15, 0.2) is 5.65 Å². The Balaban J connectivity index is 2.08. The van der Waals surface area contributed by atoms with Crippen LogP contribution in [0.15, 0.2) is 46.2 Å². The highest BCUT2D eigenvalue weighted by molar-refractivity contribution is 9.10. The summed E-state index contributed by atoms with van der Waals surface area (Å²) in [5.74, 6) is 0. The fourth-order valence-corrected chi connectivity index (χ4v) is 5.09. The zero-order chi connectivity index (χ0) is 18.6. The number of pyridine rings is 1. The summed E-state index contributed by atoms with van der Waals surface area (Å²) in [6.45, 7) is 3.93. The minimum absolute atomic E-state index is 0.246. The SMILES string of the molecule is CCc1cn(S(=O)(=O)c2ccc(C)cc2)c2ncc3c(Br)nn(C)c3c12. The Labute approximate surface area is 159 Å². The van der Waals surface area contributed by atoms with Crippen LogP contribution in [0.25, 0.3) is 21.9 Å². The highest BCUT2D eigenvalue weighted by atomic mass is 79.9. The molecular formula is C18H17BrN4O2S. The first kappa shape index (κ1) is 17.2. The Morgan fingerprint density at radius 2 is 1.88 bits per heavy atom. The molecule has 0 radical (unpaired) electrons. The predicted octanol–water partition coefficient (Wildman–Crippen LogP) is 3.79. The number of aromatic nitrogens is 4. The fourth-order valence-electron chi connectivity index (χ4n) is 3.22. The number of halogens is 1. The van der Waals surface area contributed by atoms with Crippen LogP contribution in [0.3, 0.4) is 0 Å². The maximum absolute atomic E-state index is 13.2. The van der Waals surface area contributed by atoms with E-state index in [2.05, 4.69) is 26.0 Å². The van der Waals surface area contributed by atoms with Gasteiger partial charge in [-0.05, 0) is 47.0 Å². The molecule has 0 saturated heterocycles. The molecule has 0 aliphatic carbocycles. The van der Waals surface area contributed by atoms with E-state index in [9.17, 15) is 8.42 Å². The zero-order valence-electron chi connectivity index (χ0n) is 14.6. The lowest BCUT2D eigenvalue weighted by molar-refractivity contribution is 0.588. The smallest absolute Gasteiger partial charge is 0.266 e. The molecular weight excluding hydrogens is 416 g/mol. The van der Waals surface area contributed by atoms with Gasteiger partial charge in [0.25, 0.3) is 10.0 Å². The third-order valence-corrected chi connectivity index (χ3v) is 6.83. The van der Waals surface area contributed by atoms with E-state index in [0.717, 1.165) is 27.4 Å². The zero-order valence-corrected chi connectivity index (χ0v) is 17.0. The van der Waals surface area contributed by atoms with E-state index in [1.54, 1.807) is 41.3 Å². The van der Waals surface area contributed by atoms with Crippen LogP contribution in [0.1, 0.15) is 18.1 Å². The third kappa shape index (κ3) is 2.39. The van der Waals surface area contributed by atoms with Gasteiger partial charge in [0.2, 0.25) is 0 Å². The molecule has 0 aliphatic heterocycles. The molecule has 4 aromatic rings. The topological polar surface area (TPSA) is 69.8 Å². The monoisotopic (exact) mass is 432 g/mol. The summed E-state index contributed by atoms with van der Waals surface area (Å²) in [4.78, 5) is 4.71. The molecule has 0 aliphatic rings. The fraction of sp³-hybridized carbons (Fsp3) is 0.222. The highest BCUT2D eigenvalue weighted by Crippen LogP contribution is 2.33. The van der Waals surface area contributed by atoms with Gasteiger partial charge >= 0.3 is 0 Å². The average molecular weight is 433 g/mol. The van der Waals surface area contributed by atoms with Crippen molar-refractivity contribution in [1.29, 1.82) is 0 Å². The Kier molecular flexibility index (Phi) is 3.92. The van der Waals surface area contributed by atoms with Gasteiger partial charge < -0.3 is 0 Å². The molecule has 0 saturated carbocycles. The van der Waals surface area contributed by atoms with Crippen molar-refractivity contribution in [2.24, 2.45) is 7.05 Å². The number of aryl methyl sites for hydroxylation is 3. The highest BCUT2D eigenvalue weighted by Gasteiger charge is 2.24. The molecule has 4 rings (SSSR count). The maximum atomic E-state index is 13.2. The van der Waals surface area contributed by atoms with E-state index >= 15 is 0 Å². The van der Waals surface area contributed by atoms with Crippen LogP contribution in [-0.2, 0) is 23.5 Å². The molecule has 0 N–H and O–H groups in total. The largest absolute Gasteiger partial charge is 0.269 e. The van der Waals surface area contributed by atoms with Crippen molar-refractivity contribution in [2.45, 2.75) is 25.2 Å². The summed E-state index contributed by atoms with van der Waals surface area (Å²) in [6, 6.07) is 6.84. The van der Waals surface area contributed by atoms with Crippen molar-refractivity contribution in [1.82, 2.24) is 18.7 Å². The normalized spacial score (nSPS) is 12.3.